The molecule has 26 heavy (non-hydrogen) atoms. The minimum Gasteiger partial charge on any atom is -0.494 e. The number of nitriles is 1. The van der Waals surface area contributed by atoms with Gasteiger partial charge in [-0.1, -0.05) is 44.0 Å². The zero-order chi connectivity index (χ0) is 18.8. The van der Waals surface area contributed by atoms with Crippen molar-refractivity contribution in [3.05, 3.63) is 65.5 Å². The van der Waals surface area contributed by atoms with Crippen LogP contribution in [0, 0.1) is 17.1 Å². The number of benzene rings is 2. The van der Waals surface area contributed by atoms with Gasteiger partial charge in [0.15, 0.2) is 0 Å². The predicted octanol–water partition coefficient (Wildman–Crippen LogP) is 4.94. The van der Waals surface area contributed by atoms with Crippen LogP contribution in [0.25, 0.3) is 6.08 Å². The largest absolute Gasteiger partial charge is 0.494 e. The second-order valence-electron chi connectivity index (χ2n) is 5.73. The van der Waals surface area contributed by atoms with Crippen molar-refractivity contribution in [3.8, 4) is 11.8 Å². The second kappa shape index (κ2) is 10.00. The normalized spacial score (nSPS) is 10.9. The van der Waals surface area contributed by atoms with Gasteiger partial charge < -0.3 is 10.1 Å². The highest BCUT2D eigenvalue weighted by Crippen LogP contribution is 2.17. The van der Waals surface area contributed by atoms with E-state index in [1.807, 2.05) is 6.07 Å². The lowest BCUT2D eigenvalue weighted by Gasteiger charge is -2.07. The third-order valence-electron chi connectivity index (χ3n) is 3.69. The van der Waals surface area contributed by atoms with Crippen molar-refractivity contribution in [2.45, 2.75) is 26.2 Å². The third-order valence-corrected chi connectivity index (χ3v) is 3.69. The number of amides is 1. The van der Waals surface area contributed by atoms with E-state index in [1.165, 1.54) is 24.3 Å². The van der Waals surface area contributed by atoms with Gasteiger partial charge in [0, 0.05) is 0 Å². The van der Waals surface area contributed by atoms with Gasteiger partial charge in [0.05, 0.1) is 12.3 Å². The Hall–Kier alpha value is -3.13. The van der Waals surface area contributed by atoms with E-state index < -0.39 is 11.7 Å². The second-order valence-corrected chi connectivity index (χ2v) is 5.73. The number of carbonyl (C=O) groups is 1. The van der Waals surface area contributed by atoms with E-state index in [1.54, 1.807) is 30.3 Å². The molecule has 0 saturated heterocycles. The number of ether oxygens (including phenoxy) is 1. The number of nitrogens with one attached hydrogen (secondary N) is 1. The van der Waals surface area contributed by atoms with Crippen molar-refractivity contribution in [2.75, 3.05) is 11.9 Å². The SMILES string of the molecule is CCCCCOc1ccc(/C=C(/C#N)C(=O)Nc2ccccc2F)cc1. The molecule has 1 N–H and O–H groups in total. The van der Waals surface area contributed by atoms with Crippen LogP contribution in [0.3, 0.4) is 0 Å². The summed E-state index contributed by atoms with van der Waals surface area (Å²) in [6, 6.07) is 14.8. The number of carbonyl (C=O) groups excluding carboxylic acids is 1. The zero-order valence-corrected chi connectivity index (χ0v) is 14.7. The maximum absolute atomic E-state index is 13.6. The molecule has 2 rings (SSSR count). The molecule has 0 aliphatic heterocycles. The molecule has 2 aromatic carbocycles. The number of halogens is 1. The molecule has 0 atom stereocenters. The van der Waals surface area contributed by atoms with Gasteiger partial charge in [-0.15, -0.1) is 0 Å². The minimum atomic E-state index is -0.655. The molecular weight excluding hydrogens is 331 g/mol. The van der Waals surface area contributed by atoms with Gasteiger partial charge in [-0.25, -0.2) is 4.39 Å². The molecule has 0 bridgehead atoms. The van der Waals surface area contributed by atoms with Crippen LogP contribution in [-0.4, -0.2) is 12.5 Å². The number of hydrogen-bond acceptors (Lipinski definition) is 3. The summed E-state index contributed by atoms with van der Waals surface area (Å²) in [5.74, 6) is -0.465. The predicted molar refractivity (Wildman–Crippen MR) is 100 cm³/mol. The van der Waals surface area contributed by atoms with Crippen LogP contribution in [0.4, 0.5) is 10.1 Å². The lowest BCUT2D eigenvalue weighted by molar-refractivity contribution is -0.112. The lowest BCUT2D eigenvalue weighted by Crippen LogP contribution is -2.14. The summed E-state index contributed by atoms with van der Waals surface area (Å²) in [6.07, 6.45) is 4.73. The standard InChI is InChI=1S/C21H21FN2O2/c1-2-3-6-13-26-18-11-9-16(10-12-18)14-17(15-23)21(25)24-20-8-5-4-7-19(20)22/h4-5,7-12,14H,2-3,6,13H2,1H3,(H,24,25)/b17-14-. The Labute approximate surface area is 152 Å². The van der Waals surface area contributed by atoms with Gasteiger partial charge in [-0.05, 0) is 42.3 Å². The fourth-order valence-electron chi connectivity index (χ4n) is 2.27. The maximum Gasteiger partial charge on any atom is 0.266 e. The third kappa shape index (κ3) is 5.75. The minimum absolute atomic E-state index is 0.0366. The molecule has 0 fully saturated rings. The molecule has 134 valence electrons. The Morgan fingerprint density at radius 2 is 1.92 bits per heavy atom. The number of unbranched alkanes of at least 4 members (excludes halogenated alkanes) is 2. The summed E-state index contributed by atoms with van der Waals surface area (Å²) in [6.45, 7) is 2.80. The highest BCUT2D eigenvalue weighted by Gasteiger charge is 2.11. The van der Waals surface area contributed by atoms with Gasteiger partial charge >= 0.3 is 0 Å². The molecular formula is C21H21FN2O2. The van der Waals surface area contributed by atoms with E-state index in [9.17, 15) is 14.4 Å². The molecule has 0 unspecified atom stereocenters. The molecule has 2 aromatic rings. The molecule has 0 heterocycles. The summed E-state index contributed by atoms with van der Waals surface area (Å²) in [5, 5.41) is 11.6. The van der Waals surface area contributed by atoms with Crippen molar-refractivity contribution in [1.82, 2.24) is 0 Å². The maximum atomic E-state index is 13.6. The number of nitrogens with zero attached hydrogens (tertiary/aromatic N) is 1. The topological polar surface area (TPSA) is 62.1 Å². The van der Waals surface area contributed by atoms with E-state index >= 15 is 0 Å². The van der Waals surface area contributed by atoms with Gasteiger partial charge in [0.1, 0.15) is 23.2 Å². The monoisotopic (exact) mass is 352 g/mol. The number of para-hydroxylation sites is 1. The van der Waals surface area contributed by atoms with Crippen LogP contribution in [0.2, 0.25) is 0 Å². The van der Waals surface area contributed by atoms with Crippen LogP contribution in [0.5, 0.6) is 5.75 Å². The van der Waals surface area contributed by atoms with E-state index in [0.717, 1.165) is 25.0 Å². The van der Waals surface area contributed by atoms with E-state index in [0.29, 0.717) is 12.2 Å². The summed E-state index contributed by atoms with van der Waals surface area (Å²) >= 11 is 0. The smallest absolute Gasteiger partial charge is 0.266 e. The quantitative estimate of drug-likeness (QED) is 0.416. The van der Waals surface area contributed by atoms with Gasteiger partial charge in [0.25, 0.3) is 5.91 Å². The molecule has 0 radical (unpaired) electrons. The summed E-state index contributed by atoms with van der Waals surface area (Å²) in [4.78, 5) is 12.2. The van der Waals surface area contributed by atoms with Crippen LogP contribution in [0.1, 0.15) is 31.7 Å². The molecule has 0 aliphatic rings. The number of hydrogen-bond donors (Lipinski definition) is 1. The van der Waals surface area contributed by atoms with Crippen LogP contribution in [0.15, 0.2) is 54.1 Å². The summed E-state index contributed by atoms with van der Waals surface area (Å²) in [7, 11) is 0. The Kier molecular flexibility index (Phi) is 7.38. The van der Waals surface area contributed by atoms with E-state index in [2.05, 4.69) is 12.2 Å². The Morgan fingerprint density at radius 1 is 1.19 bits per heavy atom. The Morgan fingerprint density at radius 3 is 2.58 bits per heavy atom. The van der Waals surface area contributed by atoms with Crippen molar-refractivity contribution in [1.29, 1.82) is 5.26 Å². The van der Waals surface area contributed by atoms with Gasteiger partial charge in [0.2, 0.25) is 0 Å². The fraction of sp³-hybridized carbons (Fsp3) is 0.238. The van der Waals surface area contributed by atoms with Crippen LogP contribution >= 0.6 is 0 Å². The average Bonchev–Trinajstić information content (AvgIpc) is 2.66. The zero-order valence-electron chi connectivity index (χ0n) is 14.7. The molecule has 1 amide bonds. The fourth-order valence-corrected chi connectivity index (χ4v) is 2.27. The van der Waals surface area contributed by atoms with Crippen LogP contribution in [-0.2, 0) is 4.79 Å². The van der Waals surface area contributed by atoms with Gasteiger partial charge in [-0.2, -0.15) is 5.26 Å². The first-order chi connectivity index (χ1) is 12.6. The number of rotatable bonds is 8. The first kappa shape index (κ1) is 19.2. The molecule has 5 heteroatoms. The Bertz CT molecular complexity index is 808. The number of anilines is 1. The highest BCUT2D eigenvalue weighted by atomic mass is 19.1. The first-order valence-corrected chi connectivity index (χ1v) is 8.54. The van der Waals surface area contributed by atoms with Crippen molar-refractivity contribution >= 4 is 17.7 Å². The van der Waals surface area contributed by atoms with Crippen molar-refractivity contribution in [2.24, 2.45) is 0 Å². The molecule has 0 aliphatic carbocycles. The Balaban J connectivity index is 2.02. The molecule has 0 saturated carbocycles. The lowest BCUT2D eigenvalue weighted by atomic mass is 10.1. The summed E-state index contributed by atoms with van der Waals surface area (Å²) in [5.41, 5.74) is 0.616. The highest BCUT2D eigenvalue weighted by molar-refractivity contribution is 6.09. The molecule has 4 nitrogen and oxygen atoms in total. The van der Waals surface area contributed by atoms with E-state index in [-0.39, 0.29) is 11.3 Å². The van der Waals surface area contributed by atoms with Crippen molar-refractivity contribution < 1.29 is 13.9 Å². The van der Waals surface area contributed by atoms with Gasteiger partial charge in [-0.3, -0.25) is 4.79 Å². The van der Waals surface area contributed by atoms with Crippen molar-refractivity contribution in [3.63, 3.8) is 0 Å². The summed E-state index contributed by atoms with van der Waals surface area (Å²) < 4.78 is 19.2. The molecule has 0 aromatic heterocycles. The first-order valence-electron chi connectivity index (χ1n) is 8.54. The van der Waals surface area contributed by atoms with E-state index in [4.69, 9.17) is 4.74 Å². The van der Waals surface area contributed by atoms with Crippen LogP contribution < -0.4 is 10.1 Å². The average molecular weight is 352 g/mol. The molecule has 0 spiro atoms.